The van der Waals surface area contributed by atoms with Gasteiger partial charge in [-0.1, -0.05) is 61.5 Å². The van der Waals surface area contributed by atoms with Crippen LogP contribution in [0.15, 0.2) is 54.6 Å². The third kappa shape index (κ3) is 5.36. The Morgan fingerprint density at radius 2 is 1.58 bits per heavy atom. The molecule has 0 spiro atoms. The van der Waals surface area contributed by atoms with Crippen molar-refractivity contribution in [2.75, 3.05) is 7.11 Å². The summed E-state index contributed by atoms with van der Waals surface area (Å²) in [6.45, 7) is 2.18. The molecule has 0 aliphatic rings. The van der Waals surface area contributed by atoms with Crippen LogP contribution in [-0.4, -0.2) is 13.5 Å². The highest BCUT2D eigenvalue weighted by Crippen LogP contribution is 2.19. The van der Waals surface area contributed by atoms with Gasteiger partial charge in [-0.3, -0.25) is 9.63 Å². The maximum Gasteiger partial charge on any atom is 0.230 e. The predicted molar refractivity (Wildman–Crippen MR) is 77.5 cm³/mol. The first-order valence-corrected chi connectivity index (χ1v) is 6.18. The monoisotopic (exact) mass is 257 g/mol. The number of carbonyl (C=O) groups is 1. The lowest BCUT2D eigenvalue weighted by atomic mass is 10.0. The van der Waals surface area contributed by atoms with Crippen molar-refractivity contribution in [3.8, 4) is 11.1 Å². The lowest BCUT2D eigenvalue weighted by molar-refractivity contribution is -0.118. The second-order valence-electron chi connectivity index (χ2n) is 3.86. The molecule has 0 atom stereocenters. The maximum absolute atomic E-state index is 9.17. The van der Waals surface area contributed by atoms with Crippen LogP contribution >= 0.6 is 0 Å². The van der Waals surface area contributed by atoms with Crippen molar-refractivity contribution in [2.24, 2.45) is 0 Å². The third-order valence-electron chi connectivity index (χ3n) is 2.64. The summed E-state index contributed by atoms with van der Waals surface area (Å²) in [6, 6.07) is 19.2. The quantitative estimate of drug-likeness (QED) is 0.674. The number of hydrogen-bond donors (Lipinski definition) is 1. The molecule has 0 saturated carbocycles. The van der Waals surface area contributed by atoms with Crippen LogP contribution in [0, 0.1) is 0 Å². The Hall–Kier alpha value is -2.13. The summed E-state index contributed by atoms with van der Waals surface area (Å²) in [4.78, 5) is 13.2. The molecule has 0 aliphatic carbocycles. The zero-order valence-electron chi connectivity index (χ0n) is 11.3. The lowest BCUT2D eigenvalue weighted by Crippen LogP contribution is -2.06. The van der Waals surface area contributed by atoms with Crippen LogP contribution in [-0.2, 0) is 16.1 Å². The topological polar surface area (TPSA) is 38.3 Å². The van der Waals surface area contributed by atoms with Gasteiger partial charge in [-0.25, -0.2) is 5.48 Å². The Bertz CT molecular complexity index is 466. The summed E-state index contributed by atoms with van der Waals surface area (Å²) >= 11 is 0. The second-order valence-corrected chi connectivity index (χ2v) is 3.86. The first kappa shape index (κ1) is 14.9. The minimum absolute atomic E-state index is 0.458. The van der Waals surface area contributed by atoms with Gasteiger partial charge in [-0.05, 0) is 23.1 Å². The van der Waals surface area contributed by atoms with Gasteiger partial charge in [-0.2, -0.15) is 0 Å². The molecule has 0 heterocycles. The highest BCUT2D eigenvalue weighted by Gasteiger charge is 1.95. The Morgan fingerprint density at radius 1 is 1.00 bits per heavy atom. The number of benzene rings is 2. The Kier molecular flexibility index (Phi) is 6.98. The SMILES string of the molecule is CCc1ccc(-c2ccccc2)cc1.CONC=O. The number of rotatable bonds is 4. The lowest BCUT2D eigenvalue weighted by Gasteiger charge is -2.02. The van der Waals surface area contributed by atoms with E-state index in [2.05, 4.69) is 60.3 Å². The molecule has 2 aromatic rings. The van der Waals surface area contributed by atoms with E-state index >= 15 is 0 Å². The van der Waals surface area contributed by atoms with Gasteiger partial charge in [0.15, 0.2) is 0 Å². The van der Waals surface area contributed by atoms with E-state index in [9.17, 15) is 0 Å². The van der Waals surface area contributed by atoms with Crippen molar-refractivity contribution in [2.45, 2.75) is 13.3 Å². The van der Waals surface area contributed by atoms with Gasteiger partial charge in [0.2, 0.25) is 6.41 Å². The molecule has 0 fully saturated rings. The standard InChI is InChI=1S/C14H14.C2H5NO2/c1-2-12-8-10-14(11-9-12)13-6-4-3-5-7-13;1-5-3-2-4/h3-11H,2H2,1H3;2H,1H3,(H,3,4). The molecular weight excluding hydrogens is 238 g/mol. The second kappa shape index (κ2) is 8.89. The van der Waals surface area contributed by atoms with E-state index < -0.39 is 0 Å². The van der Waals surface area contributed by atoms with Crippen molar-refractivity contribution in [1.29, 1.82) is 0 Å². The number of amides is 1. The fourth-order valence-corrected chi connectivity index (χ4v) is 1.61. The van der Waals surface area contributed by atoms with Crippen molar-refractivity contribution in [3.05, 3.63) is 60.2 Å². The molecule has 0 aliphatic heterocycles. The van der Waals surface area contributed by atoms with Crippen LogP contribution in [0.5, 0.6) is 0 Å². The number of nitrogens with one attached hydrogen (secondary N) is 1. The molecule has 0 saturated heterocycles. The van der Waals surface area contributed by atoms with E-state index in [4.69, 9.17) is 4.79 Å². The van der Waals surface area contributed by atoms with Gasteiger partial charge in [0.05, 0.1) is 7.11 Å². The summed E-state index contributed by atoms with van der Waals surface area (Å²) in [5.41, 5.74) is 5.91. The largest absolute Gasteiger partial charge is 0.277 e. The van der Waals surface area contributed by atoms with Crippen LogP contribution in [0.2, 0.25) is 0 Å². The summed E-state index contributed by atoms with van der Waals surface area (Å²) < 4.78 is 0. The Labute approximate surface area is 114 Å². The van der Waals surface area contributed by atoms with Crippen molar-refractivity contribution < 1.29 is 9.63 Å². The molecule has 3 nitrogen and oxygen atoms in total. The first-order chi connectivity index (χ1) is 9.31. The van der Waals surface area contributed by atoms with Gasteiger partial charge >= 0.3 is 0 Å². The average Bonchev–Trinajstić information content (AvgIpc) is 2.50. The van der Waals surface area contributed by atoms with Crippen molar-refractivity contribution in [3.63, 3.8) is 0 Å². The predicted octanol–water partition coefficient (Wildman–Crippen LogP) is 3.21. The van der Waals surface area contributed by atoms with Crippen LogP contribution in [0.1, 0.15) is 12.5 Å². The van der Waals surface area contributed by atoms with Gasteiger partial charge in [0.1, 0.15) is 0 Å². The number of carbonyl (C=O) groups excluding carboxylic acids is 1. The molecule has 1 N–H and O–H groups in total. The fraction of sp³-hybridized carbons (Fsp3) is 0.188. The van der Waals surface area contributed by atoms with E-state index in [-0.39, 0.29) is 0 Å². The molecule has 1 amide bonds. The molecule has 0 unspecified atom stereocenters. The van der Waals surface area contributed by atoms with Gasteiger partial charge in [0, 0.05) is 0 Å². The first-order valence-electron chi connectivity index (χ1n) is 6.18. The number of hydroxylamine groups is 1. The zero-order valence-corrected chi connectivity index (χ0v) is 11.3. The van der Waals surface area contributed by atoms with E-state index in [1.54, 1.807) is 0 Å². The molecule has 19 heavy (non-hydrogen) atoms. The molecular formula is C16H19NO2. The highest BCUT2D eigenvalue weighted by atomic mass is 16.6. The smallest absolute Gasteiger partial charge is 0.230 e. The van der Waals surface area contributed by atoms with E-state index in [0.29, 0.717) is 6.41 Å². The van der Waals surface area contributed by atoms with Crippen LogP contribution in [0.25, 0.3) is 11.1 Å². The molecule has 0 bridgehead atoms. The molecule has 0 aromatic heterocycles. The Morgan fingerprint density at radius 3 is 2.00 bits per heavy atom. The fourth-order valence-electron chi connectivity index (χ4n) is 1.61. The zero-order chi connectivity index (χ0) is 13.9. The molecule has 100 valence electrons. The molecule has 2 rings (SSSR count). The summed E-state index contributed by atoms with van der Waals surface area (Å²) in [7, 11) is 1.37. The summed E-state index contributed by atoms with van der Waals surface area (Å²) in [6.07, 6.45) is 1.56. The minimum Gasteiger partial charge on any atom is -0.277 e. The average molecular weight is 257 g/mol. The Balaban J connectivity index is 0.000000312. The number of hydrogen-bond acceptors (Lipinski definition) is 2. The van der Waals surface area contributed by atoms with Gasteiger partial charge < -0.3 is 0 Å². The normalized spacial score (nSPS) is 9.16. The maximum atomic E-state index is 9.17. The van der Waals surface area contributed by atoms with Crippen LogP contribution in [0.4, 0.5) is 0 Å². The van der Waals surface area contributed by atoms with E-state index in [0.717, 1.165) is 6.42 Å². The van der Waals surface area contributed by atoms with Gasteiger partial charge in [0.25, 0.3) is 0 Å². The van der Waals surface area contributed by atoms with Crippen LogP contribution in [0.3, 0.4) is 0 Å². The van der Waals surface area contributed by atoms with Gasteiger partial charge in [-0.15, -0.1) is 0 Å². The molecule has 0 radical (unpaired) electrons. The third-order valence-corrected chi connectivity index (χ3v) is 2.64. The number of aryl methyl sites for hydroxylation is 1. The van der Waals surface area contributed by atoms with Crippen molar-refractivity contribution >= 4 is 6.41 Å². The molecule has 3 heteroatoms. The van der Waals surface area contributed by atoms with Crippen LogP contribution < -0.4 is 5.48 Å². The van der Waals surface area contributed by atoms with E-state index in [1.165, 1.54) is 23.8 Å². The van der Waals surface area contributed by atoms with Crippen molar-refractivity contribution in [1.82, 2.24) is 5.48 Å². The summed E-state index contributed by atoms with van der Waals surface area (Å²) in [5.74, 6) is 0. The summed E-state index contributed by atoms with van der Waals surface area (Å²) in [5, 5.41) is 0. The molecule has 2 aromatic carbocycles. The van der Waals surface area contributed by atoms with E-state index in [1.807, 2.05) is 11.5 Å². The highest BCUT2D eigenvalue weighted by molar-refractivity contribution is 5.63. The minimum atomic E-state index is 0.458.